The summed E-state index contributed by atoms with van der Waals surface area (Å²) in [7, 11) is -8.14. The summed E-state index contributed by atoms with van der Waals surface area (Å²) in [6, 6.07) is 0. The average Bonchev–Trinajstić information content (AvgIpc) is 3.02. The van der Waals surface area contributed by atoms with E-state index in [2.05, 4.69) is 13.8 Å². The van der Waals surface area contributed by atoms with Crippen LogP contribution in [0.15, 0.2) is 0 Å². The third-order valence-corrected chi connectivity index (χ3v) is 10.6. The van der Waals surface area contributed by atoms with Gasteiger partial charge in [0.1, 0.15) is 0 Å². The van der Waals surface area contributed by atoms with Gasteiger partial charge in [-0.25, -0.2) is 9.13 Å². The predicted octanol–water partition coefficient (Wildman–Crippen LogP) is 13.0. The van der Waals surface area contributed by atoms with E-state index in [1.807, 2.05) is 0 Å². The minimum Gasteiger partial charge on any atom is -0.302 e. The van der Waals surface area contributed by atoms with Gasteiger partial charge in [0, 0.05) is 0 Å². The molecule has 0 aromatic rings. The summed E-state index contributed by atoms with van der Waals surface area (Å²) in [5, 5.41) is 0. The Kier molecular flexibility index (Phi) is 35.2. The number of rotatable bonds is 39. The normalized spacial score (nSPS) is 14.4. The van der Waals surface area contributed by atoms with Crippen LogP contribution in [-0.2, 0) is 27.2 Å². The first kappa shape index (κ1) is 46.2. The van der Waals surface area contributed by atoms with Crippen LogP contribution in [0.5, 0.6) is 0 Å². The average molecular weight is 699 g/mol. The molecular weight excluding hydrogens is 622 g/mol. The molecule has 278 valence electrons. The second-order valence-corrected chi connectivity index (χ2v) is 16.1. The first-order valence-corrected chi connectivity index (χ1v) is 22.6. The molecule has 8 nitrogen and oxygen atoms in total. The molecule has 0 spiro atoms. The Morgan fingerprint density at radius 2 is 0.457 bits per heavy atom. The SMILES string of the molecule is CCCCCCCCCCCCCCCCOP(=O)(O)OCCCCOP(=O)(O)OCCCCCCCCCCCCCCCC. The van der Waals surface area contributed by atoms with E-state index in [0.717, 1.165) is 38.5 Å². The van der Waals surface area contributed by atoms with Crippen LogP contribution in [0.2, 0.25) is 0 Å². The van der Waals surface area contributed by atoms with Crippen LogP contribution in [0.1, 0.15) is 206 Å². The molecule has 2 atom stereocenters. The first-order valence-electron chi connectivity index (χ1n) is 19.6. The summed E-state index contributed by atoms with van der Waals surface area (Å²) < 4.78 is 44.2. The smallest absolute Gasteiger partial charge is 0.302 e. The maximum absolute atomic E-state index is 12.0. The van der Waals surface area contributed by atoms with Gasteiger partial charge in [0.25, 0.3) is 0 Å². The highest BCUT2D eigenvalue weighted by atomic mass is 31.2. The van der Waals surface area contributed by atoms with Crippen molar-refractivity contribution in [3.8, 4) is 0 Å². The van der Waals surface area contributed by atoms with E-state index < -0.39 is 15.6 Å². The number of phosphoric acid groups is 2. The lowest BCUT2D eigenvalue weighted by Crippen LogP contribution is -2.02. The zero-order valence-electron chi connectivity index (χ0n) is 30.3. The fraction of sp³-hybridized carbons (Fsp3) is 1.00. The van der Waals surface area contributed by atoms with Gasteiger partial charge in [0.2, 0.25) is 0 Å². The molecule has 0 aromatic heterocycles. The van der Waals surface area contributed by atoms with Crippen molar-refractivity contribution in [2.75, 3.05) is 26.4 Å². The summed E-state index contributed by atoms with van der Waals surface area (Å²) >= 11 is 0. The van der Waals surface area contributed by atoms with Gasteiger partial charge < -0.3 is 9.79 Å². The quantitative estimate of drug-likeness (QED) is 0.0482. The van der Waals surface area contributed by atoms with Crippen LogP contribution in [-0.4, -0.2) is 36.2 Å². The third-order valence-electron chi connectivity index (χ3n) is 8.55. The van der Waals surface area contributed by atoms with Gasteiger partial charge in [0.15, 0.2) is 0 Å². The molecular formula is C36H76O8P2. The molecule has 0 aromatic carbocycles. The number of hydrogen-bond donors (Lipinski definition) is 2. The molecule has 0 aliphatic heterocycles. The van der Waals surface area contributed by atoms with Crippen LogP contribution in [0.4, 0.5) is 0 Å². The highest BCUT2D eigenvalue weighted by Gasteiger charge is 2.22. The Bertz CT molecular complexity index is 651. The molecule has 0 saturated carbocycles. The number of hydrogen-bond acceptors (Lipinski definition) is 6. The van der Waals surface area contributed by atoms with E-state index in [1.165, 1.54) is 141 Å². The maximum Gasteiger partial charge on any atom is 0.472 e. The summed E-state index contributed by atoms with van der Waals surface area (Å²) in [5.74, 6) is 0. The first-order chi connectivity index (χ1) is 22.3. The van der Waals surface area contributed by atoms with Crippen molar-refractivity contribution < 1.29 is 37.0 Å². The van der Waals surface area contributed by atoms with Crippen molar-refractivity contribution in [3.63, 3.8) is 0 Å². The van der Waals surface area contributed by atoms with Crippen LogP contribution >= 0.6 is 15.6 Å². The van der Waals surface area contributed by atoms with E-state index >= 15 is 0 Å². The minimum atomic E-state index is -4.07. The van der Waals surface area contributed by atoms with Crippen molar-refractivity contribution >= 4 is 15.6 Å². The lowest BCUT2D eigenvalue weighted by molar-refractivity contribution is 0.130. The van der Waals surface area contributed by atoms with Crippen molar-refractivity contribution in [2.45, 2.75) is 206 Å². The fourth-order valence-electron chi connectivity index (χ4n) is 5.59. The molecule has 0 radical (unpaired) electrons. The number of unbranched alkanes of at least 4 members (excludes halogenated alkanes) is 27. The second-order valence-electron chi connectivity index (χ2n) is 13.2. The monoisotopic (exact) mass is 699 g/mol. The van der Waals surface area contributed by atoms with E-state index in [-0.39, 0.29) is 26.4 Å². The zero-order chi connectivity index (χ0) is 33.9. The van der Waals surface area contributed by atoms with Crippen molar-refractivity contribution in [1.82, 2.24) is 0 Å². The summed E-state index contributed by atoms with van der Waals surface area (Å²) in [5.41, 5.74) is 0. The summed E-state index contributed by atoms with van der Waals surface area (Å²) in [6.45, 7) is 4.97. The minimum absolute atomic E-state index is 0.0194. The molecule has 2 N–H and O–H groups in total. The molecule has 0 bridgehead atoms. The fourth-order valence-corrected chi connectivity index (χ4v) is 7.18. The van der Waals surface area contributed by atoms with Crippen LogP contribution in [0, 0.1) is 0 Å². The third kappa shape index (κ3) is 37.0. The topological polar surface area (TPSA) is 112 Å². The number of phosphoric ester groups is 2. The Balaban J connectivity index is 3.47. The molecule has 0 saturated heterocycles. The van der Waals surface area contributed by atoms with E-state index in [1.54, 1.807) is 0 Å². The standard InChI is InChI=1S/C36H76O8P2/c1-3-5-7-9-11-13-15-17-19-21-23-25-27-29-33-41-45(37,38)43-35-31-32-36-44-46(39,40)42-34-30-28-26-24-22-20-18-16-14-12-10-8-6-4-2/h3-36H2,1-2H3,(H,37,38)(H,39,40). The molecule has 0 amide bonds. The van der Waals surface area contributed by atoms with Gasteiger partial charge in [-0.15, -0.1) is 0 Å². The lowest BCUT2D eigenvalue weighted by Gasteiger charge is -2.13. The Hall–Kier alpha value is 0.220. The molecule has 10 heteroatoms. The zero-order valence-corrected chi connectivity index (χ0v) is 32.1. The molecule has 0 aliphatic rings. The van der Waals surface area contributed by atoms with Gasteiger partial charge >= 0.3 is 15.6 Å². The van der Waals surface area contributed by atoms with E-state index in [9.17, 15) is 18.9 Å². The molecule has 0 aliphatic carbocycles. The predicted molar refractivity (Wildman–Crippen MR) is 193 cm³/mol. The molecule has 2 unspecified atom stereocenters. The van der Waals surface area contributed by atoms with Crippen molar-refractivity contribution in [1.29, 1.82) is 0 Å². The molecule has 0 rings (SSSR count). The van der Waals surface area contributed by atoms with Gasteiger partial charge in [-0.2, -0.15) is 0 Å². The van der Waals surface area contributed by atoms with Crippen LogP contribution < -0.4 is 0 Å². The Morgan fingerprint density at radius 3 is 0.652 bits per heavy atom. The Labute approximate surface area is 285 Å². The molecule has 0 fully saturated rings. The van der Waals surface area contributed by atoms with Gasteiger partial charge in [0.05, 0.1) is 26.4 Å². The van der Waals surface area contributed by atoms with Gasteiger partial charge in [-0.05, 0) is 25.7 Å². The largest absolute Gasteiger partial charge is 0.472 e. The second kappa shape index (κ2) is 35.1. The highest BCUT2D eigenvalue weighted by Crippen LogP contribution is 2.44. The Morgan fingerprint density at radius 1 is 0.304 bits per heavy atom. The van der Waals surface area contributed by atoms with Crippen LogP contribution in [0.3, 0.4) is 0 Å². The van der Waals surface area contributed by atoms with Crippen LogP contribution in [0.25, 0.3) is 0 Å². The van der Waals surface area contributed by atoms with Crippen molar-refractivity contribution in [3.05, 3.63) is 0 Å². The summed E-state index contributed by atoms with van der Waals surface area (Å²) in [6.07, 6.45) is 35.9. The molecule has 0 heterocycles. The van der Waals surface area contributed by atoms with Gasteiger partial charge in [-0.3, -0.25) is 18.1 Å². The maximum atomic E-state index is 12.0. The lowest BCUT2D eigenvalue weighted by atomic mass is 10.0. The van der Waals surface area contributed by atoms with Gasteiger partial charge in [-0.1, -0.05) is 181 Å². The summed E-state index contributed by atoms with van der Waals surface area (Å²) in [4.78, 5) is 19.7. The molecule has 46 heavy (non-hydrogen) atoms. The highest BCUT2D eigenvalue weighted by molar-refractivity contribution is 7.47. The van der Waals surface area contributed by atoms with Crippen molar-refractivity contribution in [2.24, 2.45) is 0 Å². The van der Waals surface area contributed by atoms with E-state index in [0.29, 0.717) is 12.8 Å². The van der Waals surface area contributed by atoms with E-state index in [4.69, 9.17) is 18.1 Å².